The molecular weight excluding hydrogens is 316 g/mol. The molecule has 3 heteroatoms. The van der Waals surface area contributed by atoms with Crippen LogP contribution in [0.5, 0.6) is 0 Å². The van der Waals surface area contributed by atoms with Crippen molar-refractivity contribution in [2.45, 2.75) is 13.3 Å². The summed E-state index contributed by atoms with van der Waals surface area (Å²) in [5.41, 5.74) is 0.981. The highest BCUT2D eigenvalue weighted by atomic mass is 79.9. The number of carbonyl (C=O) groups is 1. The lowest BCUT2D eigenvalue weighted by Gasteiger charge is -2.02. The Labute approximate surface area is 125 Å². The van der Waals surface area contributed by atoms with Crippen LogP contribution in [0.25, 0.3) is 22.1 Å². The quantitative estimate of drug-likeness (QED) is 0.598. The average Bonchev–Trinajstić information content (AvgIpc) is 2.95. The van der Waals surface area contributed by atoms with E-state index in [2.05, 4.69) is 40.2 Å². The number of benzene rings is 2. The van der Waals surface area contributed by atoms with Crippen molar-refractivity contribution in [1.82, 2.24) is 0 Å². The molecule has 20 heavy (non-hydrogen) atoms. The number of Topliss-reactive ketones (excluding diaryl/α,β-unsaturated/α-hetero) is 1. The van der Waals surface area contributed by atoms with E-state index in [1.807, 2.05) is 25.1 Å². The Kier molecular flexibility index (Phi) is 3.45. The van der Waals surface area contributed by atoms with Crippen LogP contribution < -0.4 is 0 Å². The first-order chi connectivity index (χ1) is 9.67. The van der Waals surface area contributed by atoms with Crippen LogP contribution >= 0.6 is 15.9 Å². The molecule has 0 amide bonds. The molecule has 3 aromatic rings. The Morgan fingerprint density at radius 1 is 1.05 bits per heavy atom. The van der Waals surface area contributed by atoms with Gasteiger partial charge in [-0.15, -0.1) is 0 Å². The van der Waals surface area contributed by atoms with Gasteiger partial charge >= 0.3 is 0 Å². The number of carbonyl (C=O) groups excluding carboxylic acids is 1. The number of halogens is 1. The number of rotatable bonds is 3. The second-order valence-electron chi connectivity index (χ2n) is 4.65. The molecule has 0 atom stereocenters. The van der Waals surface area contributed by atoms with Crippen molar-refractivity contribution in [2.75, 3.05) is 0 Å². The molecule has 0 saturated heterocycles. The molecule has 0 aliphatic heterocycles. The van der Waals surface area contributed by atoms with Crippen LogP contribution in [0.2, 0.25) is 0 Å². The third-order valence-electron chi connectivity index (χ3n) is 3.29. The summed E-state index contributed by atoms with van der Waals surface area (Å²) in [5, 5.41) is 2.31. The lowest BCUT2D eigenvalue weighted by molar-refractivity contribution is 0.0962. The standard InChI is InChI=1S/C17H13BrO2/c1-2-15(19)17-8-7-16(20-17)13-4-3-12-10-14(18)6-5-11(12)9-13/h3-10H,2H2,1H3. The molecule has 1 heterocycles. The summed E-state index contributed by atoms with van der Waals surface area (Å²) < 4.78 is 6.70. The Hall–Kier alpha value is -1.87. The first-order valence-electron chi connectivity index (χ1n) is 6.50. The molecule has 0 bridgehead atoms. The minimum absolute atomic E-state index is 0.0287. The number of fused-ring (bicyclic) bond motifs is 1. The second kappa shape index (κ2) is 5.25. The van der Waals surface area contributed by atoms with E-state index >= 15 is 0 Å². The van der Waals surface area contributed by atoms with Crippen molar-refractivity contribution in [1.29, 1.82) is 0 Å². The van der Waals surface area contributed by atoms with Gasteiger partial charge in [-0.2, -0.15) is 0 Å². The maximum absolute atomic E-state index is 11.6. The van der Waals surface area contributed by atoms with Crippen molar-refractivity contribution < 1.29 is 9.21 Å². The zero-order chi connectivity index (χ0) is 14.1. The topological polar surface area (TPSA) is 30.2 Å². The molecule has 0 spiro atoms. The summed E-state index contributed by atoms with van der Waals surface area (Å²) in [7, 11) is 0. The minimum Gasteiger partial charge on any atom is -0.453 e. The lowest BCUT2D eigenvalue weighted by atomic mass is 10.1. The molecule has 0 aliphatic carbocycles. The zero-order valence-corrected chi connectivity index (χ0v) is 12.6. The van der Waals surface area contributed by atoms with Crippen molar-refractivity contribution in [3.63, 3.8) is 0 Å². The second-order valence-corrected chi connectivity index (χ2v) is 5.56. The van der Waals surface area contributed by atoms with Gasteiger partial charge in [0, 0.05) is 16.5 Å². The first kappa shape index (κ1) is 13.1. The fourth-order valence-corrected chi connectivity index (χ4v) is 2.57. The summed E-state index contributed by atoms with van der Waals surface area (Å²) in [6, 6.07) is 15.9. The van der Waals surface area contributed by atoms with Crippen LogP contribution in [-0.2, 0) is 0 Å². The number of hydrogen-bond acceptors (Lipinski definition) is 2. The van der Waals surface area contributed by atoms with Crippen LogP contribution in [0.15, 0.2) is 57.4 Å². The van der Waals surface area contributed by atoms with Gasteiger partial charge in [0.05, 0.1) is 0 Å². The highest BCUT2D eigenvalue weighted by Crippen LogP contribution is 2.28. The number of ketones is 1. The molecule has 3 rings (SSSR count). The third-order valence-corrected chi connectivity index (χ3v) is 3.78. The Balaban J connectivity index is 2.03. The van der Waals surface area contributed by atoms with Gasteiger partial charge in [-0.05, 0) is 41.1 Å². The lowest BCUT2D eigenvalue weighted by Crippen LogP contribution is -1.92. The van der Waals surface area contributed by atoms with E-state index in [-0.39, 0.29) is 5.78 Å². The third kappa shape index (κ3) is 2.41. The molecule has 0 aliphatic rings. The average molecular weight is 329 g/mol. The summed E-state index contributed by atoms with van der Waals surface area (Å²) in [6.45, 7) is 1.83. The maximum Gasteiger partial charge on any atom is 0.197 e. The SMILES string of the molecule is CCC(=O)c1ccc(-c2ccc3cc(Br)ccc3c2)o1. The molecule has 1 aromatic heterocycles. The van der Waals surface area contributed by atoms with E-state index in [0.29, 0.717) is 12.2 Å². The highest BCUT2D eigenvalue weighted by Gasteiger charge is 2.10. The first-order valence-corrected chi connectivity index (χ1v) is 7.29. The van der Waals surface area contributed by atoms with Gasteiger partial charge in [-0.25, -0.2) is 0 Å². The fourth-order valence-electron chi connectivity index (χ4n) is 2.19. The maximum atomic E-state index is 11.6. The zero-order valence-electron chi connectivity index (χ0n) is 11.0. The molecular formula is C17H13BrO2. The Morgan fingerprint density at radius 2 is 1.80 bits per heavy atom. The van der Waals surface area contributed by atoms with E-state index in [9.17, 15) is 4.79 Å². The summed E-state index contributed by atoms with van der Waals surface area (Å²) >= 11 is 3.47. The van der Waals surface area contributed by atoms with Crippen molar-refractivity contribution in [3.8, 4) is 11.3 Å². The van der Waals surface area contributed by atoms with Crippen LogP contribution in [0.3, 0.4) is 0 Å². The predicted molar refractivity (Wildman–Crippen MR) is 84.0 cm³/mol. The van der Waals surface area contributed by atoms with E-state index < -0.39 is 0 Å². The van der Waals surface area contributed by atoms with E-state index in [0.717, 1.165) is 21.2 Å². The molecule has 0 unspecified atom stereocenters. The van der Waals surface area contributed by atoms with Crippen molar-refractivity contribution in [3.05, 3.63) is 58.8 Å². The number of hydrogen-bond donors (Lipinski definition) is 0. The Morgan fingerprint density at radius 3 is 2.60 bits per heavy atom. The van der Waals surface area contributed by atoms with Gasteiger partial charge in [0.25, 0.3) is 0 Å². The molecule has 2 nitrogen and oxygen atoms in total. The van der Waals surface area contributed by atoms with Crippen LogP contribution in [0.1, 0.15) is 23.9 Å². The molecule has 0 N–H and O–H groups in total. The van der Waals surface area contributed by atoms with E-state index in [4.69, 9.17) is 4.42 Å². The van der Waals surface area contributed by atoms with Crippen LogP contribution in [-0.4, -0.2) is 5.78 Å². The normalized spacial score (nSPS) is 10.9. The van der Waals surface area contributed by atoms with Gasteiger partial charge in [-0.1, -0.05) is 41.1 Å². The van der Waals surface area contributed by atoms with Gasteiger partial charge in [0.1, 0.15) is 5.76 Å². The Bertz CT molecular complexity index is 787. The van der Waals surface area contributed by atoms with Gasteiger partial charge in [0.2, 0.25) is 0 Å². The van der Waals surface area contributed by atoms with E-state index in [1.54, 1.807) is 6.07 Å². The van der Waals surface area contributed by atoms with Crippen molar-refractivity contribution in [2.24, 2.45) is 0 Å². The summed E-state index contributed by atoms with van der Waals surface area (Å²) in [6.07, 6.45) is 0.457. The summed E-state index contributed by atoms with van der Waals surface area (Å²) in [5.74, 6) is 1.19. The molecule has 0 fully saturated rings. The predicted octanol–water partition coefficient (Wildman–Crippen LogP) is 5.46. The monoisotopic (exact) mass is 328 g/mol. The largest absolute Gasteiger partial charge is 0.453 e. The molecule has 2 aromatic carbocycles. The summed E-state index contributed by atoms with van der Waals surface area (Å²) in [4.78, 5) is 11.6. The molecule has 100 valence electrons. The van der Waals surface area contributed by atoms with Gasteiger partial charge in [0.15, 0.2) is 11.5 Å². The fraction of sp³-hybridized carbons (Fsp3) is 0.118. The van der Waals surface area contributed by atoms with Crippen LogP contribution in [0, 0.1) is 0 Å². The van der Waals surface area contributed by atoms with Gasteiger partial charge in [-0.3, -0.25) is 4.79 Å². The molecule has 0 saturated carbocycles. The number of furan rings is 1. The highest BCUT2D eigenvalue weighted by molar-refractivity contribution is 9.10. The van der Waals surface area contributed by atoms with Crippen molar-refractivity contribution >= 4 is 32.5 Å². The molecule has 0 radical (unpaired) electrons. The van der Waals surface area contributed by atoms with E-state index in [1.165, 1.54) is 5.39 Å². The van der Waals surface area contributed by atoms with Gasteiger partial charge < -0.3 is 4.42 Å². The van der Waals surface area contributed by atoms with Crippen LogP contribution in [0.4, 0.5) is 0 Å². The smallest absolute Gasteiger partial charge is 0.197 e. The minimum atomic E-state index is 0.0287.